The van der Waals surface area contributed by atoms with Crippen LogP contribution in [0, 0.1) is 5.92 Å². The summed E-state index contributed by atoms with van der Waals surface area (Å²) in [4.78, 5) is 14.0. The monoisotopic (exact) mass is 416 g/mol. The average Bonchev–Trinajstić information content (AvgIpc) is 2.68. The number of hydrogen-bond donors (Lipinski definition) is 2. The molecule has 0 saturated carbocycles. The van der Waals surface area contributed by atoms with Gasteiger partial charge in [0, 0.05) is 18.8 Å². The van der Waals surface area contributed by atoms with Crippen molar-refractivity contribution in [2.75, 3.05) is 22.7 Å². The molecule has 0 aromatic heterocycles. The largest absolute Gasteiger partial charge is 0.478 e. The maximum absolute atomic E-state index is 12.7. The van der Waals surface area contributed by atoms with Crippen LogP contribution < -0.4 is 9.62 Å². The smallest absolute Gasteiger partial charge is 0.337 e. The fourth-order valence-corrected chi connectivity index (χ4v) is 4.59. The molecule has 0 bridgehead atoms. The Labute approximate surface area is 172 Å². The van der Waals surface area contributed by atoms with E-state index in [0.29, 0.717) is 17.5 Å². The minimum absolute atomic E-state index is 0.106. The number of carbonyl (C=O) groups is 1. The molecule has 0 aliphatic carbocycles. The molecule has 6 nitrogen and oxygen atoms in total. The summed E-state index contributed by atoms with van der Waals surface area (Å²) in [6.45, 7) is 7.88. The van der Waals surface area contributed by atoms with Crippen molar-refractivity contribution in [1.82, 2.24) is 0 Å². The van der Waals surface area contributed by atoms with Crippen molar-refractivity contribution in [3.8, 4) is 0 Å². The topological polar surface area (TPSA) is 86.7 Å². The van der Waals surface area contributed by atoms with Gasteiger partial charge in [0.15, 0.2) is 0 Å². The molecule has 2 aromatic carbocycles. The molecular formula is C22H28N2O4S. The molecule has 156 valence electrons. The number of carboxylic acids is 1. The Bertz CT molecular complexity index is 976. The molecule has 1 aliphatic rings. The SMILES string of the molecule is CC1CCN(c2ccc(NS(=O)(=O)c3ccc(C(C)C)cc3)cc2C(=O)O)CC1. The fraction of sp³-hybridized carbons (Fsp3) is 0.409. The maximum atomic E-state index is 12.7. The zero-order valence-electron chi connectivity index (χ0n) is 17.1. The number of aromatic carboxylic acids is 1. The fourth-order valence-electron chi connectivity index (χ4n) is 3.54. The van der Waals surface area contributed by atoms with Gasteiger partial charge in [0.1, 0.15) is 0 Å². The maximum Gasteiger partial charge on any atom is 0.337 e. The number of sulfonamides is 1. The second-order valence-corrected chi connectivity index (χ2v) is 9.72. The number of piperidine rings is 1. The molecule has 1 aliphatic heterocycles. The van der Waals surface area contributed by atoms with E-state index in [1.165, 1.54) is 6.07 Å². The Kier molecular flexibility index (Phi) is 6.17. The number of benzene rings is 2. The zero-order chi connectivity index (χ0) is 21.2. The summed E-state index contributed by atoms with van der Waals surface area (Å²) in [6.07, 6.45) is 2.03. The van der Waals surface area contributed by atoms with Gasteiger partial charge < -0.3 is 10.0 Å². The highest BCUT2D eigenvalue weighted by Crippen LogP contribution is 2.29. The second-order valence-electron chi connectivity index (χ2n) is 8.04. The summed E-state index contributed by atoms with van der Waals surface area (Å²) < 4.78 is 27.9. The Balaban J connectivity index is 1.85. The van der Waals surface area contributed by atoms with Crippen LogP contribution in [0.2, 0.25) is 0 Å². The van der Waals surface area contributed by atoms with Crippen LogP contribution in [0.4, 0.5) is 11.4 Å². The van der Waals surface area contributed by atoms with E-state index in [1.54, 1.807) is 36.4 Å². The third-order valence-corrected chi connectivity index (χ3v) is 6.86. The summed E-state index contributed by atoms with van der Waals surface area (Å²) in [7, 11) is -3.80. The van der Waals surface area contributed by atoms with Crippen LogP contribution in [-0.4, -0.2) is 32.6 Å². The summed E-state index contributed by atoms with van der Waals surface area (Å²) in [5, 5.41) is 9.67. The third-order valence-electron chi connectivity index (χ3n) is 5.46. The molecule has 0 unspecified atom stereocenters. The van der Waals surface area contributed by atoms with Crippen LogP contribution in [0.1, 0.15) is 55.5 Å². The van der Waals surface area contributed by atoms with Crippen LogP contribution in [0.3, 0.4) is 0 Å². The first-order valence-electron chi connectivity index (χ1n) is 9.92. The standard InChI is InChI=1S/C22H28N2O4S/c1-15(2)17-4-7-19(8-5-17)29(27,28)23-18-6-9-21(20(14-18)22(25)26)24-12-10-16(3)11-13-24/h4-9,14-16,23H,10-13H2,1-3H3,(H,25,26). The van der Waals surface area contributed by atoms with Crippen molar-refractivity contribution in [3.63, 3.8) is 0 Å². The van der Waals surface area contributed by atoms with E-state index in [1.807, 2.05) is 13.8 Å². The van der Waals surface area contributed by atoms with Gasteiger partial charge in [-0.25, -0.2) is 13.2 Å². The molecule has 2 aromatic rings. The van der Waals surface area contributed by atoms with Gasteiger partial charge >= 0.3 is 5.97 Å². The van der Waals surface area contributed by atoms with E-state index in [2.05, 4.69) is 16.5 Å². The molecule has 29 heavy (non-hydrogen) atoms. The zero-order valence-corrected chi connectivity index (χ0v) is 17.9. The lowest BCUT2D eigenvalue weighted by atomic mass is 9.98. The summed E-state index contributed by atoms with van der Waals surface area (Å²) >= 11 is 0. The van der Waals surface area contributed by atoms with Gasteiger partial charge in [-0.05, 0) is 60.6 Å². The number of anilines is 2. The van der Waals surface area contributed by atoms with Crippen LogP contribution in [0.25, 0.3) is 0 Å². The van der Waals surface area contributed by atoms with Gasteiger partial charge in [-0.1, -0.05) is 32.9 Å². The van der Waals surface area contributed by atoms with E-state index in [4.69, 9.17) is 0 Å². The van der Waals surface area contributed by atoms with Crippen LogP contribution in [0.5, 0.6) is 0 Å². The number of hydrogen-bond acceptors (Lipinski definition) is 4. The summed E-state index contributed by atoms with van der Waals surface area (Å²) in [5.74, 6) is -0.128. The first-order chi connectivity index (χ1) is 13.7. The van der Waals surface area contributed by atoms with E-state index < -0.39 is 16.0 Å². The lowest BCUT2D eigenvalue weighted by molar-refractivity contribution is 0.0697. The van der Waals surface area contributed by atoms with Gasteiger partial charge in [-0.3, -0.25) is 4.72 Å². The second kappa shape index (κ2) is 8.45. The first-order valence-corrected chi connectivity index (χ1v) is 11.4. The molecule has 0 spiro atoms. The van der Waals surface area contributed by atoms with Gasteiger partial charge in [-0.15, -0.1) is 0 Å². The lowest BCUT2D eigenvalue weighted by Crippen LogP contribution is -2.33. The molecular weight excluding hydrogens is 388 g/mol. The molecule has 1 saturated heterocycles. The van der Waals surface area contributed by atoms with Gasteiger partial charge in [-0.2, -0.15) is 0 Å². The van der Waals surface area contributed by atoms with Gasteiger partial charge in [0.25, 0.3) is 10.0 Å². The lowest BCUT2D eigenvalue weighted by Gasteiger charge is -2.33. The van der Waals surface area contributed by atoms with Crippen LogP contribution in [-0.2, 0) is 10.0 Å². The van der Waals surface area contributed by atoms with Gasteiger partial charge in [0.2, 0.25) is 0 Å². The Morgan fingerprint density at radius 3 is 2.28 bits per heavy atom. The van der Waals surface area contributed by atoms with Crippen molar-refractivity contribution in [1.29, 1.82) is 0 Å². The predicted molar refractivity (Wildman–Crippen MR) is 115 cm³/mol. The number of nitrogens with zero attached hydrogens (tertiary/aromatic N) is 1. The average molecular weight is 417 g/mol. The number of carboxylic acid groups (broad SMARTS) is 1. The molecule has 0 radical (unpaired) electrons. The molecule has 0 amide bonds. The van der Waals surface area contributed by atoms with Crippen molar-refractivity contribution >= 4 is 27.4 Å². The van der Waals surface area contributed by atoms with E-state index in [0.717, 1.165) is 31.5 Å². The Hall–Kier alpha value is -2.54. The highest BCUT2D eigenvalue weighted by atomic mass is 32.2. The Morgan fingerprint density at radius 1 is 1.10 bits per heavy atom. The molecule has 1 heterocycles. The number of nitrogens with one attached hydrogen (secondary N) is 1. The molecule has 0 atom stereocenters. The van der Waals surface area contributed by atoms with E-state index >= 15 is 0 Å². The third kappa shape index (κ3) is 4.90. The number of rotatable bonds is 6. The summed E-state index contributed by atoms with van der Waals surface area (Å²) in [6, 6.07) is 11.4. The van der Waals surface area contributed by atoms with Crippen molar-refractivity contribution < 1.29 is 18.3 Å². The highest BCUT2D eigenvalue weighted by molar-refractivity contribution is 7.92. The summed E-state index contributed by atoms with van der Waals surface area (Å²) in [5.41, 5.74) is 2.03. The van der Waals surface area contributed by atoms with Crippen molar-refractivity contribution in [2.24, 2.45) is 5.92 Å². The minimum atomic E-state index is -3.80. The predicted octanol–water partition coefficient (Wildman–Crippen LogP) is 4.55. The van der Waals surface area contributed by atoms with Gasteiger partial charge in [0.05, 0.1) is 16.1 Å². The quantitative estimate of drug-likeness (QED) is 0.722. The molecule has 1 fully saturated rings. The molecule has 3 rings (SSSR count). The first kappa shape index (κ1) is 21.2. The van der Waals surface area contributed by atoms with E-state index in [-0.39, 0.29) is 16.1 Å². The normalized spacial score (nSPS) is 15.5. The van der Waals surface area contributed by atoms with Crippen molar-refractivity contribution in [3.05, 3.63) is 53.6 Å². The van der Waals surface area contributed by atoms with Crippen molar-refractivity contribution in [2.45, 2.75) is 44.4 Å². The highest BCUT2D eigenvalue weighted by Gasteiger charge is 2.22. The minimum Gasteiger partial charge on any atom is -0.478 e. The van der Waals surface area contributed by atoms with E-state index in [9.17, 15) is 18.3 Å². The van der Waals surface area contributed by atoms with Crippen LogP contribution in [0.15, 0.2) is 47.4 Å². The van der Waals surface area contributed by atoms with Crippen LogP contribution >= 0.6 is 0 Å². The molecule has 2 N–H and O–H groups in total. The Morgan fingerprint density at radius 2 is 1.72 bits per heavy atom. The molecule has 7 heteroatoms.